The largest absolute Gasteiger partial charge is 0.361 e. The van der Waals surface area contributed by atoms with Crippen LogP contribution in [0.25, 0.3) is 0 Å². The van der Waals surface area contributed by atoms with E-state index in [0.717, 1.165) is 29.9 Å². The Labute approximate surface area is 126 Å². The topological polar surface area (TPSA) is 75.6 Å². The van der Waals surface area contributed by atoms with Crippen molar-refractivity contribution >= 4 is 5.91 Å². The molecule has 1 aromatic rings. The zero-order valence-electron chi connectivity index (χ0n) is 13.4. The maximum Gasteiger partial charge on any atom is 0.224 e. The zero-order valence-corrected chi connectivity index (χ0v) is 13.4. The Morgan fingerprint density at radius 2 is 2.10 bits per heavy atom. The molecular weight excluding hydrogens is 268 g/mol. The van der Waals surface area contributed by atoms with Gasteiger partial charge in [-0.2, -0.15) is 0 Å². The number of aromatic nitrogens is 1. The third-order valence-electron chi connectivity index (χ3n) is 4.67. The maximum atomic E-state index is 12.4. The molecule has 2 N–H and O–H groups in total. The monoisotopic (exact) mass is 294 g/mol. The number of likely N-dealkylation sites (tertiary alicyclic amines) is 1. The molecule has 0 aromatic carbocycles. The molecule has 2 rings (SSSR count). The van der Waals surface area contributed by atoms with E-state index >= 15 is 0 Å². The fraction of sp³-hybridized carbons (Fsp3) is 0.733. The quantitative estimate of drug-likeness (QED) is 0.879. The van der Waals surface area contributed by atoms with E-state index in [1.807, 2.05) is 20.9 Å². The Hall–Kier alpha value is -1.40. The van der Waals surface area contributed by atoms with Crippen molar-refractivity contribution in [1.82, 2.24) is 15.0 Å². The van der Waals surface area contributed by atoms with Gasteiger partial charge in [-0.05, 0) is 33.7 Å². The fourth-order valence-electron chi connectivity index (χ4n) is 3.03. The van der Waals surface area contributed by atoms with Crippen molar-refractivity contribution in [2.75, 3.05) is 20.6 Å². The first-order valence-electron chi connectivity index (χ1n) is 7.51. The number of nitrogens with two attached hydrogens (primary N) is 1. The number of amides is 1. The lowest BCUT2D eigenvalue weighted by Crippen LogP contribution is -2.40. The van der Waals surface area contributed by atoms with Crippen LogP contribution in [0.1, 0.15) is 36.3 Å². The molecule has 0 radical (unpaired) electrons. The molecule has 0 unspecified atom stereocenters. The second kappa shape index (κ2) is 6.58. The highest BCUT2D eigenvalue weighted by Gasteiger charge is 2.31. The summed E-state index contributed by atoms with van der Waals surface area (Å²) < 4.78 is 5.14. The van der Waals surface area contributed by atoms with Crippen LogP contribution in [0.4, 0.5) is 0 Å². The van der Waals surface area contributed by atoms with Gasteiger partial charge < -0.3 is 15.2 Å². The summed E-state index contributed by atoms with van der Waals surface area (Å²) in [5.41, 5.74) is 7.61. The Morgan fingerprint density at radius 1 is 1.43 bits per heavy atom. The molecule has 118 valence electrons. The maximum absolute atomic E-state index is 12.4. The van der Waals surface area contributed by atoms with Crippen LogP contribution in [-0.4, -0.2) is 53.6 Å². The highest BCUT2D eigenvalue weighted by Crippen LogP contribution is 2.24. The number of hydrogen-bond donors (Lipinski definition) is 1. The molecule has 0 bridgehead atoms. The summed E-state index contributed by atoms with van der Waals surface area (Å²) in [7, 11) is 3.90. The lowest BCUT2D eigenvalue weighted by atomic mass is 10.1. The van der Waals surface area contributed by atoms with Gasteiger partial charge in [0.1, 0.15) is 5.76 Å². The molecular formula is C15H26N4O2. The second-order valence-corrected chi connectivity index (χ2v) is 6.04. The second-order valence-electron chi connectivity index (χ2n) is 6.04. The molecule has 1 aliphatic rings. The standard InChI is InChI=1S/C15H26N4O2/c1-10-14(11(2)21-17-10)9-18(3)15(20)7-12-5-6-13(8-16)19(12)4/h12-13H,5-9,16H2,1-4H3/t12-,13+/m0/s1. The summed E-state index contributed by atoms with van der Waals surface area (Å²) in [6, 6.07) is 0.717. The lowest BCUT2D eigenvalue weighted by Gasteiger charge is -2.26. The molecule has 1 fully saturated rings. The van der Waals surface area contributed by atoms with E-state index in [1.165, 1.54) is 0 Å². The summed E-state index contributed by atoms with van der Waals surface area (Å²) in [5, 5.41) is 3.93. The van der Waals surface area contributed by atoms with Crippen molar-refractivity contribution in [3.63, 3.8) is 0 Å². The van der Waals surface area contributed by atoms with Crippen molar-refractivity contribution in [2.24, 2.45) is 5.73 Å². The van der Waals surface area contributed by atoms with E-state index in [4.69, 9.17) is 10.3 Å². The summed E-state index contributed by atoms with van der Waals surface area (Å²) in [6.45, 7) is 5.00. The Morgan fingerprint density at radius 3 is 2.62 bits per heavy atom. The van der Waals surface area contributed by atoms with Gasteiger partial charge >= 0.3 is 0 Å². The molecule has 1 aliphatic heterocycles. The summed E-state index contributed by atoms with van der Waals surface area (Å²) >= 11 is 0. The molecule has 21 heavy (non-hydrogen) atoms. The van der Waals surface area contributed by atoms with E-state index in [9.17, 15) is 4.79 Å². The van der Waals surface area contributed by atoms with Gasteiger partial charge in [-0.25, -0.2) is 0 Å². The Kier molecular flexibility index (Phi) is 5.00. The molecule has 2 heterocycles. The number of nitrogens with zero attached hydrogens (tertiary/aromatic N) is 3. The van der Waals surface area contributed by atoms with E-state index in [1.54, 1.807) is 4.90 Å². The molecule has 6 nitrogen and oxygen atoms in total. The first-order valence-corrected chi connectivity index (χ1v) is 7.51. The van der Waals surface area contributed by atoms with Crippen LogP contribution in [0, 0.1) is 13.8 Å². The number of likely N-dealkylation sites (N-methyl/N-ethyl adjacent to an activating group) is 1. The highest BCUT2D eigenvalue weighted by molar-refractivity contribution is 5.76. The predicted octanol–water partition coefficient (Wildman–Crippen LogP) is 1.06. The van der Waals surface area contributed by atoms with Gasteiger partial charge in [0.15, 0.2) is 0 Å². The number of aryl methyl sites for hydroxylation is 2. The van der Waals surface area contributed by atoms with Crippen LogP contribution in [-0.2, 0) is 11.3 Å². The van der Waals surface area contributed by atoms with E-state index in [-0.39, 0.29) is 5.91 Å². The third-order valence-corrected chi connectivity index (χ3v) is 4.67. The third kappa shape index (κ3) is 3.44. The first kappa shape index (κ1) is 16.0. The fourth-order valence-corrected chi connectivity index (χ4v) is 3.03. The van der Waals surface area contributed by atoms with Gasteiger partial charge in [0.2, 0.25) is 5.91 Å². The average Bonchev–Trinajstić information content (AvgIpc) is 2.96. The molecule has 2 atom stereocenters. The minimum Gasteiger partial charge on any atom is -0.361 e. The summed E-state index contributed by atoms with van der Waals surface area (Å²) in [5.74, 6) is 0.942. The van der Waals surface area contributed by atoms with Crippen LogP contribution < -0.4 is 5.73 Å². The normalized spacial score (nSPS) is 22.7. The van der Waals surface area contributed by atoms with Gasteiger partial charge in [0.05, 0.1) is 12.2 Å². The van der Waals surface area contributed by atoms with E-state index in [2.05, 4.69) is 17.1 Å². The SMILES string of the molecule is Cc1noc(C)c1CN(C)C(=O)C[C@@H]1CC[C@H](CN)N1C. The van der Waals surface area contributed by atoms with E-state index < -0.39 is 0 Å². The van der Waals surface area contributed by atoms with Crippen molar-refractivity contribution in [3.8, 4) is 0 Å². The van der Waals surface area contributed by atoms with Gasteiger partial charge in [0, 0.05) is 37.7 Å². The smallest absolute Gasteiger partial charge is 0.224 e. The number of hydrogen-bond acceptors (Lipinski definition) is 5. The van der Waals surface area contributed by atoms with E-state index in [0.29, 0.717) is 31.6 Å². The summed E-state index contributed by atoms with van der Waals surface area (Å²) in [4.78, 5) is 16.4. The van der Waals surface area contributed by atoms with Crippen LogP contribution in [0.2, 0.25) is 0 Å². The van der Waals surface area contributed by atoms with Crippen LogP contribution in [0.15, 0.2) is 4.52 Å². The molecule has 0 aliphatic carbocycles. The van der Waals surface area contributed by atoms with Crippen LogP contribution in [0.3, 0.4) is 0 Å². The van der Waals surface area contributed by atoms with Crippen molar-refractivity contribution in [2.45, 2.75) is 51.7 Å². The van der Waals surface area contributed by atoms with Gasteiger partial charge in [0.25, 0.3) is 0 Å². The lowest BCUT2D eigenvalue weighted by molar-refractivity contribution is -0.131. The van der Waals surface area contributed by atoms with Crippen LogP contribution in [0.5, 0.6) is 0 Å². The number of carbonyl (C=O) groups excluding carboxylic acids is 1. The summed E-state index contributed by atoms with van der Waals surface area (Å²) in [6.07, 6.45) is 2.68. The van der Waals surface area contributed by atoms with Gasteiger partial charge in [-0.15, -0.1) is 0 Å². The molecule has 1 saturated heterocycles. The van der Waals surface area contributed by atoms with Crippen molar-refractivity contribution in [1.29, 1.82) is 0 Å². The number of carbonyl (C=O) groups is 1. The highest BCUT2D eigenvalue weighted by atomic mass is 16.5. The van der Waals surface area contributed by atoms with Gasteiger partial charge in [-0.3, -0.25) is 9.69 Å². The molecule has 1 aromatic heterocycles. The molecule has 0 spiro atoms. The van der Waals surface area contributed by atoms with Crippen molar-refractivity contribution in [3.05, 3.63) is 17.0 Å². The minimum absolute atomic E-state index is 0.157. The minimum atomic E-state index is 0.157. The zero-order chi connectivity index (χ0) is 15.6. The van der Waals surface area contributed by atoms with Crippen LogP contribution >= 0.6 is 0 Å². The first-order chi connectivity index (χ1) is 9.93. The van der Waals surface area contributed by atoms with Gasteiger partial charge in [-0.1, -0.05) is 5.16 Å². The molecule has 1 amide bonds. The molecule has 0 saturated carbocycles. The molecule has 6 heteroatoms. The predicted molar refractivity (Wildman–Crippen MR) is 80.7 cm³/mol. The number of rotatable bonds is 5. The Balaban J connectivity index is 1.92. The van der Waals surface area contributed by atoms with Crippen molar-refractivity contribution < 1.29 is 9.32 Å². The average molecular weight is 294 g/mol. The Bertz CT molecular complexity index is 480.